The lowest BCUT2D eigenvalue weighted by atomic mass is 9.87. The molecule has 102 valence electrons. The molecule has 0 radical (unpaired) electrons. The number of methoxy groups -OCH3 is 1. The molecule has 0 fully saturated rings. The van der Waals surface area contributed by atoms with Gasteiger partial charge in [-0.1, -0.05) is 45.0 Å². The molecule has 0 aromatic heterocycles. The summed E-state index contributed by atoms with van der Waals surface area (Å²) in [5.41, 5.74) is 2.49. The van der Waals surface area contributed by atoms with Gasteiger partial charge in [-0.25, -0.2) is 0 Å². The number of benzene rings is 1. The van der Waals surface area contributed by atoms with Crippen molar-refractivity contribution in [1.29, 1.82) is 0 Å². The molecular formula is C16H27NO. The maximum atomic E-state index is 5.71. The summed E-state index contributed by atoms with van der Waals surface area (Å²) in [5, 5.41) is 3.38. The second-order valence-corrected chi connectivity index (χ2v) is 5.41. The van der Waals surface area contributed by atoms with Gasteiger partial charge in [0.15, 0.2) is 0 Å². The maximum absolute atomic E-state index is 5.71. The first-order chi connectivity index (χ1) is 8.48. The fourth-order valence-corrected chi connectivity index (χ4v) is 2.36. The molecule has 2 heteroatoms. The van der Waals surface area contributed by atoms with Crippen LogP contribution in [0.4, 0.5) is 0 Å². The van der Waals surface area contributed by atoms with Gasteiger partial charge in [0, 0.05) is 7.11 Å². The van der Waals surface area contributed by atoms with Crippen LogP contribution in [0.3, 0.4) is 0 Å². The highest BCUT2D eigenvalue weighted by molar-refractivity contribution is 5.28. The van der Waals surface area contributed by atoms with Crippen molar-refractivity contribution in [2.45, 2.75) is 51.7 Å². The number of nitrogens with one attached hydrogen (secondary N) is 1. The van der Waals surface area contributed by atoms with Crippen LogP contribution in [0.25, 0.3) is 0 Å². The first-order valence-corrected chi connectivity index (χ1v) is 6.80. The highest BCUT2D eigenvalue weighted by atomic mass is 16.5. The maximum Gasteiger partial charge on any atom is 0.0841 e. The van der Waals surface area contributed by atoms with Crippen LogP contribution < -0.4 is 5.32 Å². The summed E-state index contributed by atoms with van der Waals surface area (Å²) >= 11 is 0. The predicted molar refractivity (Wildman–Crippen MR) is 78.0 cm³/mol. The third-order valence-corrected chi connectivity index (χ3v) is 4.00. The molecule has 0 bridgehead atoms. The Morgan fingerprint density at radius 1 is 1.17 bits per heavy atom. The third-order valence-electron chi connectivity index (χ3n) is 4.00. The summed E-state index contributed by atoms with van der Waals surface area (Å²) < 4.78 is 5.71. The van der Waals surface area contributed by atoms with Crippen LogP contribution in [0.1, 0.15) is 57.2 Å². The van der Waals surface area contributed by atoms with Crippen molar-refractivity contribution < 1.29 is 4.74 Å². The van der Waals surface area contributed by atoms with Crippen molar-refractivity contribution in [1.82, 2.24) is 5.32 Å². The quantitative estimate of drug-likeness (QED) is 0.826. The molecule has 0 spiro atoms. The van der Waals surface area contributed by atoms with Crippen molar-refractivity contribution in [2.24, 2.45) is 0 Å². The zero-order chi connectivity index (χ0) is 13.8. The highest BCUT2D eigenvalue weighted by Gasteiger charge is 2.32. The average molecular weight is 249 g/mol. The molecule has 2 nitrogen and oxygen atoms in total. The lowest BCUT2D eigenvalue weighted by molar-refractivity contribution is -0.0280. The molecule has 2 atom stereocenters. The van der Waals surface area contributed by atoms with E-state index in [0.29, 0.717) is 5.92 Å². The van der Waals surface area contributed by atoms with E-state index in [1.54, 1.807) is 7.11 Å². The van der Waals surface area contributed by atoms with Gasteiger partial charge >= 0.3 is 0 Å². The van der Waals surface area contributed by atoms with Gasteiger partial charge in [-0.3, -0.25) is 0 Å². The smallest absolute Gasteiger partial charge is 0.0841 e. The molecule has 0 amide bonds. The Balaban J connectivity index is 3.02. The molecular weight excluding hydrogens is 222 g/mol. The van der Waals surface area contributed by atoms with E-state index < -0.39 is 0 Å². The summed E-state index contributed by atoms with van der Waals surface area (Å²) in [6.45, 7) is 8.76. The van der Waals surface area contributed by atoms with E-state index in [4.69, 9.17) is 4.74 Å². The number of likely N-dealkylation sites (N-methyl/N-ethyl adjacent to an activating group) is 1. The van der Waals surface area contributed by atoms with E-state index >= 15 is 0 Å². The van der Waals surface area contributed by atoms with Gasteiger partial charge in [0.05, 0.1) is 11.6 Å². The predicted octanol–water partition coefficient (Wildman–Crippen LogP) is 3.89. The summed E-state index contributed by atoms with van der Waals surface area (Å²) in [6, 6.07) is 9.08. The normalized spacial score (nSPS) is 16.6. The Morgan fingerprint density at radius 3 is 2.00 bits per heavy atom. The minimum absolute atomic E-state index is 0.173. The molecule has 1 rings (SSSR count). The van der Waals surface area contributed by atoms with Crippen LogP contribution >= 0.6 is 0 Å². The Morgan fingerprint density at radius 2 is 1.67 bits per heavy atom. The molecule has 0 heterocycles. The van der Waals surface area contributed by atoms with Crippen molar-refractivity contribution >= 4 is 0 Å². The molecule has 2 unspecified atom stereocenters. The van der Waals surface area contributed by atoms with Gasteiger partial charge in [-0.15, -0.1) is 0 Å². The van der Waals surface area contributed by atoms with E-state index in [1.807, 2.05) is 7.05 Å². The molecule has 0 aliphatic heterocycles. The van der Waals surface area contributed by atoms with Gasteiger partial charge in [0.2, 0.25) is 0 Å². The average Bonchev–Trinajstić information content (AvgIpc) is 2.39. The topological polar surface area (TPSA) is 21.3 Å². The molecule has 0 saturated heterocycles. The van der Waals surface area contributed by atoms with Crippen molar-refractivity contribution in [3.8, 4) is 0 Å². The van der Waals surface area contributed by atoms with Crippen LogP contribution in [-0.2, 0) is 4.74 Å². The van der Waals surface area contributed by atoms with Gasteiger partial charge in [-0.2, -0.15) is 0 Å². The zero-order valence-electron chi connectivity index (χ0n) is 12.6. The van der Waals surface area contributed by atoms with Crippen molar-refractivity contribution in [3.05, 3.63) is 35.4 Å². The number of hydrogen-bond acceptors (Lipinski definition) is 2. The van der Waals surface area contributed by atoms with E-state index in [2.05, 4.69) is 57.3 Å². The molecule has 0 aliphatic carbocycles. The second kappa shape index (κ2) is 6.35. The lowest BCUT2D eigenvalue weighted by Gasteiger charge is -2.36. The lowest BCUT2D eigenvalue weighted by Crippen LogP contribution is -2.41. The summed E-state index contributed by atoms with van der Waals surface area (Å²) in [5.74, 6) is 0.576. The van der Waals surface area contributed by atoms with Crippen LogP contribution in [-0.4, -0.2) is 19.8 Å². The molecule has 0 aliphatic rings. The van der Waals surface area contributed by atoms with Gasteiger partial charge in [0.25, 0.3) is 0 Å². The molecule has 1 N–H and O–H groups in total. The first-order valence-electron chi connectivity index (χ1n) is 6.80. The van der Waals surface area contributed by atoms with Crippen LogP contribution in [0.5, 0.6) is 0 Å². The minimum Gasteiger partial charge on any atom is -0.377 e. The van der Waals surface area contributed by atoms with Gasteiger partial charge < -0.3 is 10.1 Å². The number of ether oxygens (including phenoxy) is 1. The fraction of sp³-hybridized carbons (Fsp3) is 0.625. The second-order valence-electron chi connectivity index (χ2n) is 5.41. The third kappa shape index (κ3) is 3.12. The summed E-state index contributed by atoms with van der Waals surface area (Å²) in [6.07, 6.45) is 0.973. The Bertz CT molecular complexity index is 352. The summed E-state index contributed by atoms with van der Waals surface area (Å²) in [7, 11) is 3.78. The minimum atomic E-state index is -0.173. The van der Waals surface area contributed by atoms with Crippen LogP contribution in [0.2, 0.25) is 0 Å². The molecule has 18 heavy (non-hydrogen) atoms. The van der Waals surface area contributed by atoms with E-state index in [1.165, 1.54) is 11.1 Å². The zero-order valence-corrected chi connectivity index (χ0v) is 12.6. The molecule has 1 aromatic rings. The van der Waals surface area contributed by atoms with Gasteiger partial charge in [-0.05, 0) is 37.4 Å². The number of rotatable bonds is 6. The van der Waals surface area contributed by atoms with E-state index in [9.17, 15) is 0 Å². The SMILES string of the molecule is CCC(C)(OC)C(NC)c1ccc(C(C)C)cc1. The standard InChI is InChI=1S/C16H27NO/c1-7-16(4,18-6)15(17-5)14-10-8-13(9-11-14)12(2)3/h8-12,15,17H,7H2,1-6H3. The molecule has 0 saturated carbocycles. The molecule has 1 aromatic carbocycles. The van der Waals surface area contributed by atoms with Gasteiger partial charge in [0.1, 0.15) is 0 Å². The number of hydrogen-bond donors (Lipinski definition) is 1. The van der Waals surface area contributed by atoms with E-state index in [0.717, 1.165) is 6.42 Å². The van der Waals surface area contributed by atoms with Crippen LogP contribution in [0, 0.1) is 0 Å². The Labute approximate surface area is 112 Å². The first kappa shape index (κ1) is 15.2. The Hall–Kier alpha value is -0.860. The Kier molecular flexibility index (Phi) is 5.36. The van der Waals surface area contributed by atoms with E-state index in [-0.39, 0.29) is 11.6 Å². The van der Waals surface area contributed by atoms with Crippen LogP contribution in [0.15, 0.2) is 24.3 Å². The van der Waals surface area contributed by atoms with Crippen molar-refractivity contribution in [3.63, 3.8) is 0 Å². The largest absolute Gasteiger partial charge is 0.377 e. The fourth-order valence-electron chi connectivity index (χ4n) is 2.36. The summed E-state index contributed by atoms with van der Waals surface area (Å²) in [4.78, 5) is 0. The van der Waals surface area contributed by atoms with Crippen molar-refractivity contribution in [2.75, 3.05) is 14.2 Å². The highest BCUT2D eigenvalue weighted by Crippen LogP contribution is 2.31. The monoisotopic (exact) mass is 249 g/mol.